The van der Waals surface area contributed by atoms with Crippen LogP contribution in [0.2, 0.25) is 0 Å². The summed E-state index contributed by atoms with van der Waals surface area (Å²) < 4.78 is 10.7. The molecule has 0 saturated heterocycles. The van der Waals surface area contributed by atoms with E-state index in [1.807, 2.05) is 14.2 Å². The van der Waals surface area contributed by atoms with Crippen LogP contribution in [-0.4, -0.2) is 87.5 Å². The molecule has 0 heterocycles. The van der Waals surface area contributed by atoms with Gasteiger partial charge in [0.15, 0.2) is 0 Å². The monoisotopic (exact) mass is 856 g/mol. The lowest BCUT2D eigenvalue weighted by Gasteiger charge is -2.25. The lowest BCUT2D eigenvalue weighted by molar-refractivity contribution is -0.108. The van der Waals surface area contributed by atoms with E-state index in [-0.39, 0.29) is 12.7 Å². The zero-order valence-electron chi connectivity index (χ0n) is 41.6. The second kappa shape index (κ2) is 58.1. The van der Waals surface area contributed by atoms with Crippen LogP contribution in [0.1, 0.15) is 259 Å². The highest BCUT2D eigenvalue weighted by molar-refractivity contribution is 5.49. The fourth-order valence-electron chi connectivity index (χ4n) is 8.07. The number of hydrogen-bond acceptors (Lipinski definition) is 7. The Morgan fingerprint density at radius 2 is 0.750 bits per heavy atom. The molecule has 362 valence electrons. The minimum Gasteiger partial charge on any atom is -0.396 e. The summed E-state index contributed by atoms with van der Waals surface area (Å²) in [5.41, 5.74) is 0. The van der Waals surface area contributed by atoms with Gasteiger partial charge in [-0.05, 0) is 95.6 Å². The molecular formula is C53H109NO6. The number of carbonyl (C=O) groups is 2. The van der Waals surface area contributed by atoms with Crippen molar-refractivity contribution in [2.45, 2.75) is 265 Å². The highest BCUT2D eigenvalue weighted by atomic mass is 16.5. The molecule has 0 aromatic carbocycles. The summed E-state index contributed by atoms with van der Waals surface area (Å²) in [7, 11) is 3.70. The van der Waals surface area contributed by atoms with E-state index in [0.717, 1.165) is 115 Å². The van der Waals surface area contributed by atoms with Gasteiger partial charge in [-0.2, -0.15) is 0 Å². The van der Waals surface area contributed by atoms with Crippen LogP contribution in [0.3, 0.4) is 0 Å². The van der Waals surface area contributed by atoms with Crippen molar-refractivity contribution in [1.82, 2.24) is 4.90 Å². The first kappa shape index (κ1) is 63.4. The highest BCUT2D eigenvalue weighted by Gasteiger charge is 2.12. The number of carbonyl (C=O) groups excluding carboxylic acids is 2. The zero-order valence-corrected chi connectivity index (χ0v) is 41.6. The van der Waals surface area contributed by atoms with Crippen molar-refractivity contribution in [3.63, 3.8) is 0 Å². The Hall–Kier alpha value is -0.860. The summed E-state index contributed by atoms with van der Waals surface area (Å²) in [6, 6.07) is 0. The molecule has 2 N–H and O–H groups in total. The van der Waals surface area contributed by atoms with Gasteiger partial charge in [0.2, 0.25) is 0 Å². The average molecular weight is 856 g/mol. The molecule has 0 aromatic heterocycles. The molecule has 0 aromatic rings. The Bertz CT molecular complexity index is 736. The number of ether oxygens (including phenoxy) is 2. The van der Waals surface area contributed by atoms with E-state index in [1.54, 1.807) is 0 Å². The molecule has 3 atom stereocenters. The van der Waals surface area contributed by atoms with Crippen LogP contribution in [0.15, 0.2) is 0 Å². The molecule has 0 aliphatic carbocycles. The van der Waals surface area contributed by atoms with Crippen molar-refractivity contribution in [1.29, 1.82) is 0 Å². The van der Waals surface area contributed by atoms with Gasteiger partial charge in [0.1, 0.15) is 12.6 Å². The van der Waals surface area contributed by atoms with Gasteiger partial charge in [-0.15, -0.1) is 0 Å². The Morgan fingerprint density at radius 3 is 1.13 bits per heavy atom. The van der Waals surface area contributed by atoms with Crippen LogP contribution in [-0.2, 0) is 19.1 Å². The van der Waals surface area contributed by atoms with E-state index >= 15 is 0 Å². The van der Waals surface area contributed by atoms with Crippen molar-refractivity contribution in [3.8, 4) is 0 Å². The lowest BCUT2D eigenvalue weighted by Crippen LogP contribution is -2.34. The summed E-state index contributed by atoms with van der Waals surface area (Å²) >= 11 is 0. The third-order valence-corrected chi connectivity index (χ3v) is 11.9. The third-order valence-electron chi connectivity index (χ3n) is 11.9. The molecule has 0 fully saturated rings. The van der Waals surface area contributed by atoms with E-state index in [2.05, 4.69) is 32.6 Å². The maximum absolute atomic E-state index is 10.3. The first-order chi connectivity index (χ1) is 29.4. The predicted octanol–water partition coefficient (Wildman–Crippen LogP) is 14.7. The first-order valence-corrected chi connectivity index (χ1v) is 26.3. The van der Waals surface area contributed by atoms with Gasteiger partial charge in [0.25, 0.3) is 0 Å². The van der Waals surface area contributed by atoms with Crippen LogP contribution in [0.25, 0.3) is 0 Å². The molecule has 0 saturated carbocycles. The molecule has 7 heteroatoms. The Kier molecular flexibility index (Phi) is 61.5. The lowest BCUT2D eigenvalue weighted by atomic mass is 9.95. The van der Waals surface area contributed by atoms with E-state index in [1.165, 1.54) is 154 Å². The number of rotatable bonds is 47. The average Bonchev–Trinajstić information content (AvgIpc) is 3.25. The van der Waals surface area contributed by atoms with E-state index < -0.39 is 0 Å². The van der Waals surface area contributed by atoms with Gasteiger partial charge < -0.3 is 34.2 Å². The van der Waals surface area contributed by atoms with Crippen LogP contribution >= 0.6 is 0 Å². The maximum atomic E-state index is 10.3. The molecule has 0 bridgehead atoms. The molecule has 0 spiro atoms. The summed E-state index contributed by atoms with van der Waals surface area (Å²) in [6.07, 6.45) is 46.1. The van der Waals surface area contributed by atoms with Gasteiger partial charge in [0.05, 0.1) is 6.10 Å². The number of nitrogens with zero attached hydrogens (tertiary/aromatic N) is 1. The van der Waals surface area contributed by atoms with Crippen LogP contribution in [0, 0.1) is 11.8 Å². The number of aldehydes is 2. The number of methoxy groups -OCH3 is 2. The van der Waals surface area contributed by atoms with E-state index in [4.69, 9.17) is 14.6 Å². The minimum absolute atomic E-state index is 0.246. The minimum atomic E-state index is -0.329. The van der Waals surface area contributed by atoms with Crippen molar-refractivity contribution in [3.05, 3.63) is 0 Å². The molecule has 0 rings (SSSR count). The molecule has 60 heavy (non-hydrogen) atoms. The molecule has 0 aliphatic heterocycles. The van der Waals surface area contributed by atoms with Crippen molar-refractivity contribution < 1.29 is 29.3 Å². The van der Waals surface area contributed by atoms with Gasteiger partial charge in [-0.25, -0.2) is 0 Å². The van der Waals surface area contributed by atoms with Crippen LogP contribution in [0.5, 0.6) is 0 Å². The molecule has 0 aliphatic rings. The molecule has 0 amide bonds. The molecule has 7 nitrogen and oxygen atoms in total. The first-order valence-electron chi connectivity index (χ1n) is 26.3. The van der Waals surface area contributed by atoms with Gasteiger partial charge in [-0.1, -0.05) is 175 Å². The smallest absolute Gasteiger partial charge is 0.119 e. The Morgan fingerprint density at radius 1 is 0.433 bits per heavy atom. The van der Waals surface area contributed by atoms with Gasteiger partial charge in [-0.3, -0.25) is 0 Å². The topological polar surface area (TPSA) is 96.3 Å². The summed E-state index contributed by atoms with van der Waals surface area (Å²) in [5.74, 6) is 1.64. The highest BCUT2D eigenvalue weighted by Crippen LogP contribution is 2.20. The SMILES string of the molecule is CCCCCCCCC(CCCCCC)COC.CCCCCCCCC(CCCCCC)COC.O=CCCCCCCN(CCCCCO)CC(O)CCCCC=O. The molecule has 0 radical (unpaired) electrons. The number of aliphatic hydroxyl groups excluding tert-OH is 2. The van der Waals surface area contributed by atoms with E-state index in [9.17, 15) is 14.7 Å². The van der Waals surface area contributed by atoms with Crippen LogP contribution in [0.4, 0.5) is 0 Å². The number of aliphatic hydroxyl groups is 2. The quantitative estimate of drug-likeness (QED) is 0.0465. The van der Waals surface area contributed by atoms with Crippen molar-refractivity contribution in [2.24, 2.45) is 11.8 Å². The fourth-order valence-corrected chi connectivity index (χ4v) is 8.07. The molecular weight excluding hydrogens is 747 g/mol. The van der Waals surface area contributed by atoms with Crippen LogP contribution < -0.4 is 0 Å². The normalized spacial score (nSPS) is 12.7. The Labute approximate surface area is 376 Å². The summed E-state index contributed by atoms with van der Waals surface area (Å²) in [5, 5.41) is 19.0. The maximum Gasteiger partial charge on any atom is 0.119 e. The van der Waals surface area contributed by atoms with Crippen molar-refractivity contribution in [2.75, 3.05) is 53.7 Å². The van der Waals surface area contributed by atoms with Gasteiger partial charge in [0, 0.05) is 53.4 Å². The number of unbranched alkanes of at least 4 members (excludes halogenated alkanes) is 24. The van der Waals surface area contributed by atoms with Crippen molar-refractivity contribution >= 4 is 12.6 Å². The largest absolute Gasteiger partial charge is 0.396 e. The van der Waals surface area contributed by atoms with Gasteiger partial charge >= 0.3 is 0 Å². The second-order valence-corrected chi connectivity index (χ2v) is 18.0. The second-order valence-electron chi connectivity index (χ2n) is 18.0. The predicted molar refractivity (Wildman–Crippen MR) is 261 cm³/mol. The third kappa shape index (κ3) is 55.2. The van der Waals surface area contributed by atoms with E-state index in [0.29, 0.717) is 19.4 Å². The standard InChI is InChI=1S/C19H37NO4.2C17H36O/c21-15-9-3-1-2-7-13-20(14-8-5-11-17-23)18-19(24)12-6-4-10-16-22;2*1-4-6-8-10-11-13-15-17(16-18-3)14-12-9-7-5-2/h15-16,19,23-24H,1-14,17-18H2;2*17H,4-16H2,1-3H3. The summed E-state index contributed by atoms with van der Waals surface area (Å²) in [4.78, 5) is 22.9. The molecule has 3 unspecified atom stereocenters. The summed E-state index contributed by atoms with van der Waals surface area (Å²) in [6.45, 7) is 13.9. The zero-order chi connectivity index (χ0) is 44.8. The fraction of sp³-hybridized carbons (Fsp3) is 0.962. The Balaban J connectivity index is -0.000000826. The number of hydrogen-bond donors (Lipinski definition) is 2.